The molecule has 1 aliphatic rings. The summed E-state index contributed by atoms with van der Waals surface area (Å²) in [5, 5.41) is 16.2. The third-order valence-electron chi connectivity index (χ3n) is 5.63. The zero-order valence-electron chi connectivity index (χ0n) is 18.9. The molecule has 1 saturated heterocycles. The molecule has 2 unspecified atom stereocenters. The quantitative estimate of drug-likeness (QED) is 0.217. The van der Waals surface area contributed by atoms with Crippen molar-refractivity contribution in [3.63, 3.8) is 0 Å². The highest BCUT2D eigenvalue weighted by Crippen LogP contribution is 2.26. The van der Waals surface area contributed by atoms with Crippen molar-refractivity contribution in [2.24, 2.45) is 10.9 Å². The fourth-order valence-corrected chi connectivity index (χ4v) is 4.01. The third kappa shape index (κ3) is 8.98. The smallest absolute Gasteiger partial charge is 0.191 e. The highest BCUT2D eigenvalue weighted by molar-refractivity contribution is 14.0. The molecule has 6 nitrogen and oxygen atoms in total. The van der Waals surface area contributed by atoms with E-state index in [4.69, 9.17) is 9.73 Å². The van der Waals surface area contributed by atoms with Crippen LogP contribution in [0.2, 0.25) is 0 Å². The molecule has 30 heavy (non-hydrogen) atoms. The van der Waals surface area contributed by atoms with Crippen molar-refractivity contribution < 1.29 is 9.84 Å². The van der Waals surface area contributed by atoms with Crippen molar-refractivity contribution in [2.45, 2.75) is 52.0 Å². The Morgan fingerprint density at radius 3 is 2.40 bits per heavy atom. The number of likely N-dealkylation sites (tertiary alicyclic amines) is 1. The van der Waals surface area contributed by atoms with Crippen LogP contribution < -0.4 is 15.4 Å². The number of methoxy groups -OCH3 is 1. The molecule has 2 rings (SSSR count). The van der Waals surface area contributed by atoms with Crippen molar-refractivity contribution in [1.29, 1.82) is 0 Å². The Hall–Kier alpha value is -1.06. The summed E-state index contributed by atoms with van der Waals surface area (Å²) in [6, 6.07) is 8.75. The maximum atomic E-state index is 9.30. The molecule has 1 aromatic rings. The van der Waals surface area contributed by atoms with Gasteiger partial charge in [-0.05, 0) is 69.3 Å². The van der Waals surface area contributed by atoms with Gasteiger partial charge in [0.1, 0.15) is 5.75 Å². The summed E-state index contributed by atoms with van der Waals surface area (Å²) in [7, 11) is 1.70. The molecule has 0 aliphatic carbocycles. The Balaban J connectivity index is 0.00000450. The zero-order valence-corrected chi connectivity index (χ0v) is 21.2. The second kappa shape index (κ2) is 15.7. The Morgan fingerprint density at radius 1 is 1.13 bits per heavy atom. The van der Waals surface area contributed by atoms with Crippen LogP contribution >= 0.6 is 24.0 Å². The molecule has 1 heterocycles. The van der Waals surface area contributed by atoms with E-state index in [0.717, 1.165) is 63.7 Å². The molecular weight excluding hydrogens is 491 g/mol. The summed E-state index contributed by atoms with van der Waals surface area (Å²) in [4.78, 5) is 7.37. The van der Waals surface area contributed by atoms with Gasteiger partial charge in [-0.25, -0.2) is 0 Å². The number of benzene rings is 1. The lowest BCUT2D eigenvalue weighted by atomic mass is 10.0. The average molecular weight is 533 g/mol. The first kappa shape index (κ1) is 27.0. The first-order valence-corrected chi connectivity index (χ1v) is 11.2. The van der Waals surface area contributed by atoms with Gasteiger partial charge in [0.25, 0.3) is 0 Å². The van der Waals surface area contributed by atoms with Gasteiger partial charge in [0.15, 0.2) is 5.96 Å². The molecular formula is C23H41IN4O2. The predicted molar refractivity (Wildman–Crippen MR) is 136 cm³/mol. The fraction of sp³-hybridized carbons (Fsp3) is 0.696. The summed E-state index contributed by atoms with van der Waals surface area (Å²) in [5.41, 5.74) is 1.31. The number of halogens is 1. The molecule has 0 amide bonds. The molecule has 172 valence electrons. The molecule has 0 bridgehead atoms. The second-order valence-electron chi connectivity index (χ2n) is 7.80. The molecule has 3 N–H and O–H groups in total. The number of nitrogens with zero attached hydrogens (tertiary/aromatic N) is 2. The number of hydrogen-bond donors (Lipinski definition) is 3. The normalized spacial score (nSPS) is 16.6. The molecule has 1 aromatic carbocycles. The van der Waals surface area contributed by atoms with Crippen molar-refractivity contribution >= 4 is 29.9 Å². The van der Waals surface area contributed by atoms with E-state index in [1.54, 1.807) is 7.11 Å². The number of nitrogens with one attached hydrogen (secondary N) is 2. The summed E-state index contributed by atoms with van der Waals surface area (Å²) >= 11 is 0. The standard InChI is InChI=1S/C23H40N4O2.HI/c1-4-8-19(13-16-28)17-25-23(24-5-2)26-18-22(27-14-6-7-15-27)20-9-11-21(29-3)12-10-20;/h9-12,19,22,28H,4-8,13-18H2,1-3H3,(H2,24,25,26);1H. The summed E-state index contributed by atoms with van der Waals surface area (Å²) < 4.78 is 5.32. The number of aliphatic hydroxyl groups excluding tert-OH is 1. The molecule has 0 radical (unpaired) electrons. The van der Waals surface area contributed by atoms with E-state index in [1.807, 2.05) is 12.1 Å². The van der Waals surface area contributed by atoms with Crippen LogP contribution in [0.15, 0.2) is 29.3 Å². The largest absolute Gasteiger partial charge is 0.497 e. The van der Waals surface area contributed by atoms with Crippen LogP contribution in [-0.4, -0.2) is 62.4 Å². The van der Waals surface area contributed by atoms with Gasteiger partial charge in [-0.15, -0.1) is 24.0 Å². The van der Waals surface area contributed by atoms with Crippen molar-refractivity contribution in [1.82, 2.24) is 15.5 Å². The maximum absolute atomic E-state index is 9.30. The van der Waals surface area contributed by atoms with Crippen molar-refractivity contribution in [3.05, 3.63) is 29.8 Å². The summed E-state index contributed by atoms with van der Waals surface area (Å²) in [5.74, 6) is 2.20. The zero-order chi connectivity index (χ0) is 20.9. The maximum Gasteiger partial charge on any atom is 0.191 e. The Morgan fingerprint density at radius 2 is 1.83 bits per heavy atom. The van der Waals surface area contributed by atoms with E-state index in [9.17, 15) is 5.11 Å². The SMILES string of the molecule is CCCC(CCO)CN=C(NCC)NCC(c1ccc(OC)cc1)N1CCCC1.I. The van der Waals surface area contributed by atoms with Crippen LogP contribution in [0.3, 0.4) is 0 Å². The number of ether oxygens (including phenoxy) is 1. The number of hydrogen-bond acceptors (Lipinski definition) is 4. The van der Waals surface area contributed by atoms with Gasteiger partial charge in [-0.3, -0.25) is 9.89 Å². The van der Waals surface area contributed by atoms with Gasteiger partial charge in [0, 0.05) is 26.2 Å². The van der Waals surface area contributed by atoms with Gasteiger partial charge in [-0.1, -0.05) is 25.5 Å². The summed E-state index contributed by atoms with van der Waals surface area (Å²) in [6.07, 6.45) is 5.57. The molecule has 0 saturated carbocycles. The number of rotatable bonds is 12. The predicted octanol–water partition coefficient (Wildman–Crippen LogP) is 3.80. The monoisotopic (exact) mass is 532 g/mol. The van der Waals surface area contributed by atoms with Gasteiger partial charge in [0.2, 0.25) is 0 Å². The number of aliphatic hydroxyl groups is 1. The Bertz CT molecular complexity index is 585. The Labute approximate surface area is 199 Å². The van der Waals surface area contributed by atoms with Crippen LogP contribution in [0, 0.1) is 5.92 Å². The van der Waals surface area contributed by atoms with Crippen LogP contribution in [-0.2, 0) is 0 Å². The van der Waals surface area contributed by atoms with E-state index in [-0.39, 0.29) is 30.6 Å². The lowest BCUT2D eigenvalue weighted by molar-refractivity contribution is 0.245. The molecule has 1 aliphatic heterocycles. The summed E-state index contributed by atoms with van der Waals surface area (Å²) in [6.45, 7) is 9.20. The molecule has 1 fully saturated rings. The third-order valence-corrected chi connectivity index (χ3v) is 5.63. The first-order chi connectivity index (χ1) is 14.2. The minimum absolute atomic E-state index is 0. The Kier molecular flexibility index (Phi) is 14.1. The van der Waals surface area contributed by atoms with Crippen LogP contribution in [0.4, 0.5) is 0 Å². The van der Waals surface area contributed by atoms with E-state index in [0.29, 0.717) is 12.0 Å². The van der Waals surface area contributed by atoms with Crippen molar-refractivity contribution in [3.8, 4) is 5.75 Å². The molecule has 7 heteroatoms. The van der Waals surface area contributed by atoms with Crippen molar-refractivity contribution in [2.75, 3.05) is 46.4 Å². The van der Waals surface area contributed by atoms with E-state index >= 15 is 0 Å². The lowest BCUT2D eigenvalue weighted by Gasteiger charge is -2.29. The highest BCUT2D eigenvalue weighted by atomic mass is 127. The molecule has 2 atom stereocenters. The van der Waals surface area contributed by atoms with Gasteiger partial charge in [0.05, 0.1) is 13.2 Å². The van der Waals surface area contributed by atoms with E-state index in [1.165, 1.54) is 18.4 Å². The fourth-order valence-electron chi connectivity index (χ4n) is 4.01. The van der Waals surface area contributed by atoms with Gasteiger partial charge >= 0.3 is 0 Å². The van der Waals surface area contributed by atoms with Crippen LogP contribution in [0.5, 0.6) is 5.75 Å². The van der Waals surface area contributed by atoms with E-state index in [2.05, 4.69) is 41.5 Å². The van der Waals surface area contributed by atoms with Gasteiger partial charge < -0.3 is 20.5 Å². The second-order valence-corrected chi connectivity index (χ2v) is 7.80. The average Bonchev–Trinajstić information content (AvgIpc) is 3.27. The highest BCUT2D eigenvalue weighted by Gasteiger charge is 2.23. The minimum Gasteiger partial charge on any atom is -0.497 e. The first-order valence-electron chi connectivity index (χ1n) is 11.2. The van der Waals surface area contributed by atoms with E-state index < -0.39 is 0 Å². The molecule has 0 aromatic heterocycles. The number of guanidine groups is 1. The van der Waals surface area contributed by atoms with Crippen LogP contribution in [0.1, 0.15) is 57.6 Å². The molecule has 0 spiro atoms. The number of aliphatic imine (C=N–C) groups is 1. The van der Waals surface area contributed by atoms with Gasteiger partial charge in [-0.2, -0.15) is 0 Å². The minimum atomic E-state index is 0. The lowest BCUT2D eigenvalue weighted by Crippen LogP contribution is -2.43. The topological polar surface area (TPSA) is 69.1 Å². The van der Waals surface area contributed by atoms with Crippen LogP contribution in [0.25, 0.3) is 0 Å².